The maximum absolute atomic E-state index is 5.70. The molecule has 2 rings (SSSR count). The number of hydrogen-bond acceptors (Lipinski definition) is 2. The molecule has 1 N–H and O–H groups in total. The highest BCUT2D eigenvalue weighted by molar-refractivity contribution is 7.62. The molecule has 100 valence electrons. The van der Waals surface area contributed by atoms with Crippen LogP contribution >= 0.6 is 8.30 Å². The van der Waals surface area contributed by atoms with E-state index in [9.17, 15) is 0 Å². The van der Waals surface area contributed by atoms with Gasteiger partial charge in [0.15, 0.2) is 8.30 Å². The molecule has 2 aromatic carbocycles. The molecule has 0 saturated carbocycles. The van der Waals surface area contributed by atoms with E-state index >= 15 is 0 Å². The first-order valence-corrected chi connectivity index (χ1v) is 7.61. The van der Waals surface area contributed by atoms with Gasteiger partial charge in [-0.15, -0.1) is 0 Å². The second kappa shape index (κ2) is 6.18. The van der Waals surface area contributed by atoms with E-state index in [0.717, 1.165) is 5.69 Å². The molecule has 0 aromatic heterocycles. The second-order valence-electron chi connectivity index (χ2n) is 4.70. The first-order valence-electron chi connectivity index (χ1n) is 6.35. The Bertz CT molecular complexity index is 531. The van der Waals surface area contributed by atoms with E-state index in [-0.39, 0.29) is 0 Å². The summed E-state index contributed by atoms with van der Waals surface area (Å²) in [5.41, 5.74) is 4.96. The quantitative estimate of drug-likeness (QED) is 0.838. The first kappa shape index (κ1) is 14.0. The van der Waals surface area contributed by atoms with Crippen molar-refractivity contribution in [3.8, 4) is 0 Å². The Kier molecular flexibility index (Phi) is 4.57. The van der Waals surface area contributed by atoms with Gasteiger partial charge < -0.3 is 9.61 Å². The molecule has 3 heteroatoms. The average molecular weight is 273 g/mol. The summed E-state index contributed by atoms with van der Waals surface area (Å²) in [5.74, 6) is 0. The van der Waals surface area contributed by atoms with E-state index in [2.05, 4.69) is 50.1 Å². The summed E-state index contributed by atoms with van der Waals surface area (Å²) in [6.07, 6.45) is 0. The second-order valence-corrected chi connectivity index (χ2v) is 6.33. The van der Waals surface area contributed by atoms with E-state index in [1.807, 2.05) is 18.2 Å². The van der Waals surface area contributed by atoms with Gasteiger partial charge in [0, 0.05) is 18.1 Å². The SMILES string of the molecule is COP(Nc1ccccc1)c1c(C)cc(C)cc1C. The third kappa shape index (κ3) is 3.34. The van der Waals surface area contributed by atoms with Gasteiger partial charge in [-0.25, -0.2) is 0 Å². The van der Waals surface area contributed by atoms with Crippen molar-refractivity contribution in [2.45, 2.75) is 20.8 Å². The van der Waals surface area contributed by atoms with Gasteiger partial charge in [-0.3, -0.25) is 0 Å². The monoisotopic (exact) mass is 273 g/mol. The Morgan fingerprint density at radius 3 is 2.05 bits per heavy atom. The fourth-order valence-corrected chi connectivity index (χ4v) is 3.85. The highest BCUT2D eigenvalue weighted by Gasteiger charge is 2.16. The Morgan fingerprint density at radius 1 is 0.947 bits per heavy atom. The van der Waals surface area contributed by atoms with Crippen LogP contribution < -0.4 is 10.4 Å². The van der Waals surface area contributed by atoms with Crippen LogP contribution in [0.15, 0.2) is 42.5 Å². The Hall–Kier alpha value is -1.37. The number of rotatable bonds is 4. The predicted molar refractivity (Wildman–Crippen MR) is 84.3 cm³/mol. The Labute approximate surface area is 116 Å². The summed E-state index contributed by atoms with van der Waals surface area (Å²) in [7, 11) is 0.930. The number of nitrogens with one attached hydrogen (secondary N) is 1. The van der Waals surface area contributed by atoms with Crippen LogP contribution in [0.25, 0.3) is 0 Å². The van der Waals surface area contributed by atoms with E-state index < -0.39 is 8.30 Å². The number of aryl methyl sites for hydroxylation is 3. The lowest BCUT2D eigenvalue weighted by atomic mass is 10.1. The van der Waals surface area contributed by atoms with Crippen LogP contribution in [0, 0.1) is 20.8 Å². The third-order valence-corrected chi connectivity index (χ3v) is 4.96. The van der Waals surface area contributed by atoms with Gasteiger partial charge in [-0.1, -0.05) is 35.9 Å². The van der Waals surface area contributed by atoms with Crippen molar-refractivity contribution >= 4 is 19.3 Å². The fraction of sp³-hybridized carbons (Fsp3) is 0.250. The maximum Gasteiger partial charge on any atom is 0.164 e. The summed E-state index contributed by atoms with van der Waals surface area (Å²) in [6, 6.07) is 14.6. The molecule has 0 saturated heterocycles. The summed E-state index contributed by atoms with van der Waals surface area (Å²) in [4.78, 5) is 0. The summed E-state index contributed by atoms with van der Waals surface area (Å²) in [5, 5.41) is 4.77. The zero-order chi connectivity index (χ0) is 13.8. The molecule has 19 heavy (non-hydrogen) atoms. The summed E-state index contributed by atoms with van der Waals surface area (Å²) >= 11 is 0. The molecular formula is C16H20NOP. The minimum atomic E-state index is -0.834. The fourth-order valence-electron chi connectivity index (χ4n) is 2.32. The molecule has 0 fully saturated rings. The number of para-hydroxylation sites is 1. The van der Waals surface area contributed by atoms with Crippen molar-refractivity contribution in [2.24, 2.45) is 0 Å². The predicted octanol–water partition coefficient (Wildman–Crippen LogP) is 4.31. The first-order chi connectivity index (χ1) is 9.11. The molecule has 0 bridgehead atoms. The standard InChI is InChI=1S/C16H20NOP/c1-12-10-13(2)16(14(3)11-12)19(18-4)17-15-8-6-5-7-9-15/h5-11,17H,1-4H3. The molecule has 1 atom stereocenters. The van der Waals surface area contributed by atoms with Gasteiger partial charge in [-0.2, -0.15) is 0 Å². The van der Waals surface area contributed by atoms with Crippen LogP contribution in [0.5, 0.6) is 0 Å². The highest BCUT2D eigenvalue weighted by Crippen LogP contribution is 2.38. The van der Waals surface area contributed by atoms with Crippen molar-refractivity contribution in [1.82, 2.24) is 0 Å². The molecule has 0 aliphatic rings. The average Bonchev–Trinajstić information content (AvgIpc) is 2.37. The van der Waals surface area contributed by atoms with Gasteiger partial charge >= 0.3 is 0 Å². The maximum atomic E-state index is 5.70. The summed E-state index contributed by atoms with van der Waals surface area (Å²) in [6.45, 7) is 6.43. The molecule has 0 aliphatic carbocycles. The molecule has 0 amide bonds. The van der Waals surface area contributed by atoms with Crippen molar-refractivity contribution < 1.29 is 4.52 Å². The molecule has 1 unspecified atom stereocenters. The van der Waals surface area contributed by atoms with Gasteiger partial charge in [0.25, 0.3) is 0 Å². The number of benzene rings is 2. The lowest BCUT2D eigenvalue weighted by molar-refractivity contribution is 0.471. The van der Waals surface area contributed by atoms with Crippen LogP contribution in [0.1, 0.15) is 16.7 Å². The van der Waals surface area contributed by atoms with Crippen LogP contribution in [0.4, 0.5) is 5.69 Å². The molecule has 0 spiro atoms. The van der Waals surface area contributed by atoms with E-state index in [1.54, 1.807) is 7.11 Å². The Morgan fingerprint density at radius 2 is 1.53 bits per heavy atom. The highest BCUT2D eigenvalue weighted by atomic mass is 31.2. The van der Waals surface area contributed by atoms with Gasteiger partial charge in [0.05, 0.1) is 0 Å². The smallest absolute Gasteiger partial charge is 0.164 e. The zero-order valence-electron chi connectivity index (χ0n) is 11.9. The minimum absolute atomic E-state index is 0.834. The minimum Gasteiger partial charge on any atom is -0.339 e. The zero-order valence-corrected chi connectivity index (χ0v) is 12.8. The largest absolute Gasteiger partial charge is 0.339 e. The number of hydrogen-bond donors (Lipinski definition) is 1. The third-order valence-electron chi connectivity index (χ3n) is 3.03. The van der Waals surface area contributed by atoms with E-state index in [0.29, 0.717) is 0 Å². The van der Waals surface area contributed by atoms with Crippen molar-refractivity contribution in [3.63, 3.8) is 0 Å². The van der Waals surface area contributed by atoms with Crippen LogP contribution in [0.2, 0.25) is 0 Å². The van der Waals surface area contributed by atoms with Crippen LogP contribution in [-0.4, -0.2) is 7.11 Å². The van der Waals surface area contributed by atoms with Gasteiger partial charge in [0.1, 0.15) is 0 Å². The molecular weight excluding hydrogens is 253 g/mol. The Balaban J connectivity index is 2.32. The lowest BCUT2D eigenvalue weighted by Crippen LogP contribution is -2.15. The van der Waals surface area contributed by atoms with E-state index in [1.165, 1.54) is 22.0 Å². The van der Waals surface area contributed by atoms with Crippen LogP contribution in [0.3, 0.4) is 0 Å². The molecule has 0 radical (unpaired) electrons. The van der Waals surface area contributed by atoms with Crippen LogP contribution in [-0.2, 0) is 4.52 Å². The van der Waals surface area contributed by atoms with Crippen molar-refractivity contribution in [3.05, 3.63) is 59.2 Å². The molecule has 0 heterocycles. The topological polar surface area (TPSA) is 21.3 Å². The normalized spacial score (nSPS) is 12.2. The molecule has 0 aliphatic heterocycles. The van der Waals surface area contributed by atoms with Crippen molar-refractivity contribution in [2.75, 3.05) is 12.2 Å². The molecule has 2 aromatic rings. The van der Waals surface area contributed by atoms with E-state index in [4.69, 9.17) is 4.52 Å². The van der Waals surface area contributed by atoms with Gasteiger partial charge in [-0.05, 0) is 44.0 Å². The van der Waals surface area contributed by atoms with Crippen molar-refractivity contribution in [1.29, 1.82) is 0 Å². The van der Waals surface area contributed by atoms with Gasteiger partial charge in [0.2, 0.25) is 0 Å². The lowest BCUT2D eigenvalue weighted by Gasteiger charge is -2.22. The number of anilines is 1. The molecule has 2 nitrogen and oxygen atoms in total. The summed E-state index contributed by atoms with van der Waals surface area (Å²) < 4.78 is 5.70.